The Morgan fingerprint density at radius 2 is 2.25 bits per heavy atom. The summed E-state index contributed by atoms with van der Waals surface area (Å²) in [4.78, 5) is 24.5. The molecular formula is C13H22N4O3. The molecule has 1 rings (SSSR count). The lowest BCUT2D eigenvalue weighted by molar-refractivity contribution is -0.139. The predicted octanol–water partition coefficient (Wildman–Crippen LogP) is 1.20. The summed E-state index contributed by atoms with van der Waals surface area (Å²) in [5, 5.41) is 15.6. The Morgan fingerprint density at radius 3 is 2.75 bits per heavy atom. The van der Waals surface area contributed by atoms with E-state index in [0.29, 0.717) is 13.0 Å². The van der Waals surface area contributed by atoms with Crippen molar-refractivity contribution in [3.63, 3.8) is 0 Å². The smallest absolute Gasteiger partial charge is 0.326 e. The zero-order valence-electron chi connectivity index (χ0n) is 12.2. The Labute approximate surface area is 118 Å². The third kappa shape index (κ3) is 4.91. The molecule has 0 aromatic carbocycles. The number of hydrogen-bond acceptors (Lipinski definition) is 3. The van der Waals surface area contributed by atoms with Gasteiger partial charge in [-0.1, -0.05) is 19.8 Å². The number of rotatable bonds is 7. The Hall–Kier alpha value is -2.05. The van der Waals surface area contributed by atoms with Crippen molar-refractivity contribution < 1.29 is 14.7 Å². The highest BCUT2D eigenvalue weighted by Gasteiger charge is 2.21. The van der Waals surface area contributed by atoms with E-state index < -0.39 is 18.0 Å². The molecule has 0 saturated carbocycles. The zero-order chi connectivity index (χ0) is 15.1. The van der Waals surface area contributed by atoms with Gasteiger partial charge in [0.05, 0.1) is 12.7 Å². The van der Waals surface area contributed by atoms with Crippen LogP contribution >= 0.6 is 0 Å². The van der Waals surface area contributed by atoms with Crippen LogP contribution in [0.1, 0.15) is 31.7 Å². The lowest BCUT2D eigenvalue weighted by Crippen LogP contribution is -2.46. The highest BCUT2D eigenvalue weighted by molar-refractivity contribution is 5.82. The fraction of sp³-hybridized carbons (Fsp3) is 0.615. The maximum absolute atomic E-state index is 12.0. The van der Waals surface area contributed by atoms with E-state index in [-0.39, 0.29) is 0 Å². The molecule has 1 aromatic heterocycles. The van der Waals surface area contributed by atoms with E-state index >= 15 is 0 Å². The normalized spacial score (nSPS) is 11.9. The number of hydrogen-bond donors (Lipinski definition) is 2. The third-order valence-corrected chi connectivity index (χ3v) is 2.97. The second-order valence-corrected chi connectivity index (χ2v) is 4.86. The van der Waals surface area contributed by atoms with E-state index in [0.717, 1.165) is 18.4 Å². The van der Waals surface area contributed by atoms with Gasteiger partial charge in [0.2, 0.25) is 0 Å². The fourth-order valence-electron chi connectivity index (χ4n) is 1.82. The number of urea groups is 1. The van der Waals surface area contributed by atoms with Crippen LogP contribution in [0.3, 0.4) is 0 Å². The Balaban J connectivity index is 2.52. The number of amides is 2. The van der Waals surface area contributed by atoms with Gasteiger partial charge < -0.3 is 15.3 Å². The van der Waals surface area contributed by atoms with Gasteiger partial charge in [-0.25, -0.2) is 9.59 Å². The minimum atomic E-state index is -0.999. The van der Waals surface area contributed by atoms with E-state index in [1.807, 2.05) is 13.1 Å². The van der Waals surface area contributed by atoms with E-state index in [4.69, 9.17) is 5.11 Å². The van der Waals surface area contributed by atoms with Gasteiger partial charge in [-0.2, -0.15) is 5.10 Å². The van der Waals surface area contributed by atoms with Crippen LogP contribution in [0.5, 0.6) is 0 Å². The zero-order valence-corrected chi connectivity index (χ0v) is 12.2. The highest BCUT2D eigenvalue weighted by Crippen LogP contribution is 2.04. The van der Waals surface area contributed by atoms with E-state index in [1.54, 1.807) is 25.0 Å². The summed E-state index contributed by atoms with van der Waals surface area (Å²) in [6.45, 7) is 2.37. The average molecular weight is 282 g/mol. The molecule has 0 bridgehead atoms. The molecule has 20 heavy (non-hydrogen) atoms. The number of nitrogens with one attached hydrogen (secondary N) is 1. The van der Waals surface area contributed by atoms with Gasteiger partial charge >= 0.3 is 12.0 Å². The lowest BCUT2D eigenvalue weighted by atomic mass is 10.1. The first-order valence-electron chi connectivity index (χ1n) is 6.66. The maximum Gasteiger partial charge on any atom is 0.326 e. The molecule has 2 amide bonds. The first kappa shape index (κ1) is 16.0. The largest absolute Gasteiger partial charge is 0.480 e. The molecule has 0 saturated heterocycles. The van der Waals surface area contributed by atoms with Gasteiger partial charge in [-0.15, -0.1) is 0 Å². The van der Waals surface area contributed by atoms with E-state index in [1.165, 1.54) is 4.90 Å². The van der Waals surface area contributed by atoms with Crippen LogP contribution in [-0.4, -0.2) is 44.9 Å². The minimum Gasteiger partial charge on any atom is -0.480 e. The number of aryl methyl sites for hydroxylation is 1. The van der Waals surface area contributed by atoms with Crippen molar-refractivity contribution in [3.8, 4) is 0 Å². The Morgan fingerprint density at radius 1 is 1.55 bits per heavy atom. The Bertz CT molecular complexity index is 458. The van der Waals surface area contributed by atoms with Crippen molar-refractivity contribution in [2.24, 2.45) is 7.05 Å². The molecule has 1 aromatic rings. The SMILES string of the molecule is CCCCC(NC(=O)N(C)Cc1cnn(C)c1)C(=O)O. The second kappa shape index (κ2) is 7.52. The third-order valence-electron chi connectivity index (χ3n) is 2.97. The molecule has 0 radical (unpaired) electrons. The van der Waals surface area contributed by atoms with Crippen molar-refractivity contribution in [2.45, 2.75) is 38.8 Å². The molecule has 0 spiro atoms. The van der Waals surface area contributed by atoms with Gasteiger partial charge in [-0.3, -0.25) is 4.68 Å². The molecule has 1 heterocycles. The molecule has 0 aliphatic carbocycles. The van der Waals surface area contributed by atoms with Crippen LogP contribution in [0.15, 0.2) is 12.4 Å². The molecule has 2 N–H and O–H groups in total. The van der Waals surface area contributed by atoms with Gasteiger partial charge in [-0.05, 0) is 6.42 Å². The number of carbonyl (C=O) groups excluding carboxylic acids is 1. The summed E-state index contributed by atoms with van der Waals surface area (Å²) < 4.78 is 1.66. The number of carboxylic acids is 1. The topological polar surface area (TPSA) is 87.5 Å². The quantitative estimate of drug-likeness (QED) is 0.786. The van der Waals surface area contributed by atoms with Crippen LogP contribution in [0.2, 0.25) is 0 Å². The number of aliphatic carboxylic acids is 1. The van der Waals surface area contributed by atoms with Gasteiger partial charge in [0.15, 0.2) is 0 Å². The highest BCUT2D eigenvalue weighted by atomic mass is 16.4. The Kier molecular flexibility index (Phi) is 6.02. The number of aromatic nitrogens is 2. The van der Waals surface area contributed by atoms with Crippen LogP contribution in [0.4, 0.5) is 4.79 Å². The molecule has 0 aliphatic rings. The van der Waals surface area contributed by atoms with Crippen molar-refractivity contribution in [1.82, 2.24) is 20.0 Å². The summed E-state index contributed by atoms with van der Waals surface area (Å²) in [7, 11) is 3.43. The molecule has 1 unspecified atom stereocenters. The minimum absolute atomic E-state index is 0.389. The monoisotopic (exact) mass is 282 g/mol. The number of unbranched alkanes of at least 4 members (excludes halogenated alkanes) is 1. The summed E-state index contributed by atoms with van der Waals surface area (Å²) in [6, 6.07) is -1.23. The van der Waals surface area contributed by atoms with E-state index in [2.05, 4.69) is 10.4 Å². The molecule has 0 fully saturated rings. The maximum atomic E-state index is 12.0. The summed E-state index contributed by atoms with van der Waals surface area (Å²) in [6.07, 6.45) is 5.60. The number of carboxylic acid groups (broad SMARTS) is 1. The van der Waals surface area contributed by atoms with Gasteiger partial charge in [0.1, 0.15) is 6.04 Å². The van der Waals surface area contributed by atoms with E-state index in [9.17, 15) is 9.59 Å². The molecule has 112 valence electrons. The first-order valence-corrected chi connectivity index (χ1v) is 6.66. The fourth-order valence-corrected chi connectivity index (χ4v) is 1.82. The molecule has 1 atom stereocenters. The summed E-state index contributed by atoms with van der Waals surface area (Å²) in [5.41, 5.74) is 0.894. The second-order valence-electron chi connectivity index (χ2n) is 4.86. The standard InChI is InChI=1S/C13H22N4O3/c1-4-5-6-11(12(18)19)15-13(20)16(2)8-10-7-14-17(3)9-10/h7,9,11H,4-6,8H2,1-3H3,(H,15,20)(H,18,19). The predicted molar refractivity (Wildman–Crippen MR) is 74.2 cm³/mol. The van der Waals surface area contributed by atoms with Crippen LogP contribution in [-0.2, 0) is 18.4 Å². The first-order chi connectivity index (χ1) is 9.43. The van der Waals surface area contributed by atoms with Gasteiger partial charge in [0, 0.05) is 25.9 Å². The summed E-state index contributed by atoms with van der Waals surface area (Å²) >= 11 is 0. The van der Waals surface area contributed by atoms with Crippen molar-refractivity contribution >= 4 is 12.0 Å². The molecule has 0 aliphatic heterocycles. The van der Waals surface area contributed by atoms with Gasteiger partial charge in [0.25, 0.3) is 0 Å². The van der Waals surface area contributed by atoms with Crippen molar-refractivity contribution in [2.75, 3.05) is 7.05 Å². The molecule has 7 nitrogen and oxygen atoms in total. The lowest BCUT2D eigenvalue weighted by Gasteiger charge is -2.20. The van der Waals surface area contributed by atoms with Crippen LogP contribution < -0.4 is 5.32 Å². The number of nitrogens with zero attached hydrogens (tertiary/aromatic N) is 3. The summed E-state index contributed by atoms with van der Waals surface area (Å²) in [5.74, 6) is -0.999. The molecular weight excluding hydrogens is 260 g/mol. The average Bonchev–Trinajstić information content (AvgIpc) is 2.79. The van der Waals surface area contributed by atoms with Crippen molar-refractivity contribution in [1.29, 1.82) is 0 Å². The van der Waals surface area contributed by atoms with Crippen LogP contribution in [0, 0.1) is 0 Å². The van der Waals surface area contributed by atoms with Crippen molar-refractivity contribution in [3.05, 3.63) is 18.0 Å². The molecule has 7 heteroatoms. The number of carbonyl (C=O) groups is 2. The van der Waals surface area contributed by atoms with Crippen LogP contribution in [0.25, 0.3) is 0 Å².